The first-order valence-electron chi connectivity index (χ1n) is 10.7. The number of halogens is 1. The fourth-order valence-electron chi connectivity index (χ4n) is 4.23. The maximum Gasteiger partial charge on any atom is 0.165 e. The van der Waals surface area contributed by atoms with E-state index in [1.54, 1.807) is 18.3 Å². The molecule has 0 saturated carbocycles. The summed E-state index contributed by atoms with van der Waals surface area (Å²) in [5, 5.41) is 0. The van der Waals surface area contributed by atoms with Crippen LogP contribution in [0.3, 0.4) is 0 Å². The molecule has 4 aromatic rings. The van der Waals surface area contributed by atoms with E-state index in [9.17, 15) is 0 Å². The molecule has 5 rings (SSSR count). The lowest BCUT2D eigenvalue weighted by molar-refractivity contribution is -0.0215. The van der Waals surface area contributed by atoms with Crippen molar-refractivity contribution in [3.05, 3.63) is 65.9 Å². The number of pyridine rings is 2. The molecule has 1 unspecified atom stereocenters. The number of benzene rings is 1. The van der Waals surface area contributed by atoms with E-state index in [0.717, 1.165) is 35.7 Å². The standard InChI is InChI=1S/C24H25FN6O/c1-15-13-30(9-10-32-15)14-18-3-4-19(12-20(18)25)31-16(2)28-22-6-5-21(29-24(22)31)17-7-8-27-23(26)11-17/h3-8,11-12,15H,9-10,13-14H2,1-2H3,(H2,26,27). The molecule has 7 nitrogen and oxygen atoms in total. The molecule has 1 aliphatic rings. The van der Waals surface area contributed by atoms with E-state index in [4.69, 9.17) is 15.5 Å². The average Bonchev–Trinajstić information content (AvgIpc) is 3.10. The minimum absolute atomic E-state index is 0.169. The maximum atomic E-state index is 15.1. The number of fused-ring (bicyclic) bond motifs is 1. The highest BCUT2D eigenvalue weighted by atomic mass is 19.1. The Balaban J connectivity index is 1.50. The number of hydrogen-bond donors (Lipinski definition) is 1. The summed E-state index contributed by atoms with van der Waals surface area (Å²) >= 11 is 0. The van der Waals surface area contributed by atoms with Crippen LogP contribution in [0.5, 0.6) is 0 Å². The number of nitrogens with two attached hydrogens (primary N) is 1. The first-order valence-corrected chi connectivity index (χ1v) is 10.7. The molecular formula is C24H25FN6O. The highest BCUT2D eigenvalue weighted by Crippen LogP contribution is 2.26. The van der Waals surface area contributed by atoms with Crippen LogP contribution >= 0.6 is 0 Å². The first-order chi connectivity index (χ1) is 15.5. The van der Waals surface area contributed by atoms with E-state index in [1.807, 2.05) is 48.7 Å². The minimum atomic E-state index is -0.235. The van der Waals surface area contributed by atoms with E-state index < -0.39 is 0 Å². The first kappa shape index (κ1) is 20.5. The van der Waals surface area contributed by atoms with Gasteiger partial charge in [0.2, 0.25) is 0 Å². The van der Waals surface area contributed by atoms with Gasteiger partial charge in [-0.15, -0.1) is 0 Å². The van der Waals surface area contributed by atoms with Crippen LogP contribution in [-0.4, -0.2) is 50.2 Å². The second kappa shape index (κ2) is 8.29. The van der Waals surface area contributed by atoms with Gasteiger partial charge in [-0.1, -0.05) is 6.07 Å². The Morgan fingerprint density at radius 3 is 2.81 bits per heavy atom. The number of hydrogen-bond acceptors (Lipinski definition) is 6. The van der Waals surface area contributed by atoms with Crippen LogP contribution in [0.15, 0.2) is 48.7 Å². The van der Waals surface area contributed by atoms with Gasteiger partial charge < -0.3 is 10.5 Å². The van der Waals surface area contributed by atoms with Gasteiger partial charge in [-0.05, 0) is 50.2 Å². The Hall–Kier alpha value is -3.36. The van der Waals surface area contributed by atoms with E-state index in [1.165, 1.54) is 0 Å². The summed E-state index contributed by atoms with van der Waals surface area (Å²) in [7, 11) is 0. The maximum absolute atomic E-state index is 15.1. The third kappa shape index (κ3) is 3.94. The number of morpholine rings is 1. The topological polar surface area (TPSA) is 82.1 Å². The minimum Gasteiger partial charge on any atom is -0.384 e. The Labute approximate surface area is 185 Å². The van der Waals surface area contributed by atoms with Crippen LogP contribution in [-0.2, 0) is 11.3 Å². The van der Waals surface area contributed by atoms with Gasteiger partial charge in [-0.3, -0.25) is 9.47 Å². The van der Waals surface area contributed by atoms with Crippen molar-refractivity contribution < 1.29 is 9.13 Å². The molecule has 2 N–H and O–H groups in total. The van der Waals surface area contributed by atoms with Crippen LogP contribution in [0, 0.1) is 12.7 Å². The second-order valence-corrected chi connectivity index (χ2v) is 8.20. The summed E-state index contributed by atoms with van der Waals surface area (Å²) in [5.74, 6) is 0.940. The number of anilines is 1. The Morgan fingerprint density at radius 2 is 2.03 bits per heavy atom. The average molecular weight is 433 g/mol. The summed E-state index contributed by atoms with van der Waals surface area (Å²) in [6.07, 6.45) is 1.82. The molecule has 0 spiro atoms. The Bertz CT molecular complexity index is 1290. The van der Waals surface area contributed by atoms with Gasteiger partial charge in [0.15, 0.2) is 5.65 Å². The van der Waals surface area contributed by atoms with Crippen LogP contribution in [0.2, 0.25) is 0 Å². The van der Waals surface area contributed by atoms with E-state index >= 15 is 4.39 Å². The lowest BCUT2D eigenvalue weighted by Gasteiger charge is -2.31. The molecule has 0 radical (unpaired) electrons. The summed E-state index contributed by atoms with van der Waals surface area (Å²) in [6, 6.07) is 12.8. The summed E-state index contributed by atoms with van der Waals surface area (Å²) in [6.45, 7) is 6.79. The van der Waals surface area contributed by atoms with E-state index in [-0.39, 0.29) is 11.9 Å². The van der Waals surface area contributed by atoms with Crippen molar-refractivity contribution in [2.45, 2.75) is 26.5 Å². The van der Waals surface area contributed by atoms with Crippen molar-refractivity contribution in [1.29, 1.82) is 0 Å². The molecule has 164 valence electrons. The fraction of sp³-hybridized carbons (Fsp3) is 0.292. The summed E-state index contributed by atoms with van der Waals surface area (Å²) in [5.41, 5.74) is 10.2. The van der Waals surface area contributed by atoms with Gasteiger partial charge in [0.1, 0.15) is 23.0 Å². The molecule has 0 amide bonds. The third-order valence-electron chi connectivity index (χ3n) is 5.76. The molecule has 0 bridgehead atoms. The highest BCUT2D eigenvalue weighted by Gasteiger charge is 2.19. The van der Waals surface area contributed by atoms with Gasteiger partial charge in [-0.25, -0.2) is 19.3 Å². The third-order valence-corrected chi connectivity index (χ3v) is 5.76. The van der Waals surface area contributed by atoms with Crippen molar-refractivity contribution in [2.24, 2.45) is 0 Å². The predicted octanol–water partition coefficient (Wildman–Crippen LogP) is 3.73. The van der Waals surface area contributed by atoms with E-state index in [2.05, 4.69) is 14.9 Å². The molecule has 3 aromatic heterocycles. The second-order valence-electron chi connectivity index (χ2n) is 8.20. The molecule has 1 saturated heterocycles. The lowest BCUT2D eigenvalue weighted by Crippen LogP contribution is -2.40. The Morgan fingerprint density at radius 1 is 1.16 bits per heavy atom. The molecule has 4 heterocycles. The van der Waals surface area contributed by atoms with Crippen molar-refractivity contribution >= 4 is 17.0 Å². The number of imidazole rings is 1. The largest absolute Gasteiger partial charge is 0.384 e. The molecule has 1 aromatic carbocycles. The van der Waals surface area contributed by atoms with Gasteiger partial charge in [0.05, 0.1) is 24.1 Å². The zero-order chi connectivity index (χ0) is 22.2. The zero-order valence-corrected chi connectivity index (χ0v) is 18.1. The van der Waals surface area contributed by atoms with Crippen LogP contribution in [0.4, 0.5) is 10.2 Å². The number of ether oxygens (including phenoxy) is 1. The number of rotatable bonds is 4. The smallest absolute Gasteiger partial charge is 0.165 e. The van der Waals surface area contributed by atoms with Crippen molar-refractivity contribution in [1.82, 2.24) is 24.4 Å². The predicted molar refractivity (Wildman–Crippen MR) is 122 cm³/mol. The molecule has 8 heteroatoms. The van der Waals surface area contributed by atoms with Gasteiger partial charge in [-0.2, -0.15) is 0 Å². The quantitative estimate of drug-likeness (QED) is 0.529. The van der Waals surface area contributed by atoms with Gasteiger partial charge in [0, 0.05) is 37.0 Å². The summed E-state index contributed by atoms with van der Waals surface area (Å²) < 4.78 is 22.5. The van der Waals surface area contributed by atoms with Crippen LogP contribution in [0.1, 0.15) is 18.3 Å². The van der Waals surface area contributed by atoms with Gasteiger partial charge in [0.25, 0.3) is 0 Å². The number of aromatic nitrogens is 4. The zero-order valence-electron chi connectivity index (χ0n) is 18.1. The molecule has 1 fully saturated rings. The Kier molecular flexibility index (Phi) is 5.32. The van der Waals surface area contributed by atoms with Gasteiger partial charge >= 0.3 is 0 Å². The number of aryl methyl sites for hydroxylation is 1. The lowest BCUT2D eigenvalue weighted by atomic mass is 10.1. The normalized spacial score (nSPS) is 17.2. The molecule has 32 heavy (non-hydrogen) atoms. The van der Waals surface area contributed by atoms with Crippen molar-refractivity contribution in [3.8, 4) is 16.9 Å². The number of nitrogens with zero attached hydrogens (tertiary/aromatic N) is 5. The fourth-order valence-corrected chi connectivity index (χ4v) is 4.23. The van der Waals surface area contributed by atoms with Crippen molar-refractivity contribution in [2.75, 3.05) is 25.4 Å². The highest BCUT2D eigenvalue weighted by molar-refractivity contribution is 5.78. The van der Waals surface area contributed by atoms with Crippen LogP contribution in [0.25, 0.3) is 28.1 Å². The van der Waals surface area contributed by atoms with E-state index in [0.29, 0.717) is 35.9 Å². The molecule has 0 aliphatic carbocycles. The molecule has 1 aliphatic heterocycles. The molecular weight excluding hydrogens is 407 g/mol. The van der Waals surface area contributed by atoms with Crippen LogP contribution < -0.4 is 5.73 Å². The monoisotopic (exact) mass is 432 g/mol. The summed E-state index contributed by atoms with van der Waals surface area (Å²) in [4.78, 5) is 15.7. The molecule has 1 atom stereocenters. The van der Waals surface area contributed by atoms with Crippen molar-refractivity contribution in [3.63, 3.8) is 0 Å². The number of nitrogen functional groups attached to an aromatic ring is 1. The SMILES string of the molecule is Cc1nc2ccc(-c3ccnc(N)c3)nc2n1-c1ccc(CN2CCOC(C)C2)c(F)c1.